The summed E-state index contributed by atoms with van der Waals surface area (Å²) in [5.74, 6) is -0.255. The minimum absolute atomic E-state index is 0.100. The van der Waals surface area contributed by atoms with E-state index in [1.165, 1.54) is 18.9 Å². The normalized spacial score (nSPS) is 19.6. The van der Waals surface area contributed by atoms with Crippen molar-refractivity contribution in [2.24, 2.45) is 0 Å². The Morgan fingerprint density at radius 1 is 1.58 bits per heavy atom. The molecule has 0 spiro atoms. The minimum Gasteiger partial charge on any atom is -0.477 e. The highest BCUT2D eigenvalue weighted by Gasteiger charge is 2.24. The second kappa shape index (κ2) is 6.02. The summed E-state index contributed by atoms with van der Waals surface area (Å²) in [5, 5.41) is 8.97. The van der Waals surface area contributed by atoms with Gasteiger partial charge in [0, 0.05) is 19.6 Å². The molecule has 1 aliphatic heterocycles. The van der Waals surface area contributed by atoms with Gasteiger partial charge in [0.25, 0.3) is 0 Å². The van der Waals surface area contributed by atoms with E-state index in [2.05, 4.69) is 16.8 Å². The van der Waals surface area contributed by atoms with Crippen molar-refractivity contribution in [2.75, 3.05) is 31.6 Å². The molecule has 0 bridgehead atoms. The van der Waals surface area contributed by atoms with Crippen molar-refractivity contribution in [3.05, 3.63) is 23.9 Å². The van der Waals surface area contributed by atoms with Crippen LogP contribution in [-0.2, 0) is 0 Å². The van der Waals surface area contributed by atoms with E-state index < -0.39 is 5.97 Å². The van der Waals surface area contributed by atoms with Gasteiger partial charge in [-0.1, -0.05) is 13.0 Å². The number of carbonyl (C=O) groups is 1. The number of rotatable bonds is 5. The van der Waals surface area contributed by atoms with Crippen LogP contribution in [0.25, 0.3) is 0 Å². The Bertz CT molecular complexity index is 450. The second-order valence-electron chi connectivity index (χ2n) is 4.99. The van der Waals surface area contributed by atoms with Gasteiger partial charge >= 0.3 is 5.97 Å². The third-order valence-electron chi connectivity index (χ3n) is 3.73. The fourth-order valence-electron chi connectivity index (χ4n) is 2.68. The number of aromatic carboxylic acids is 1. The van der Waals surface area contributed by atoms with Crippen LogP contribution in [0, 0.1) is 0 Å². The molecule has 2 heterocycles. The van der Waals surface area contributed by atoms with Crippen molar-refractivity contribution in [3.8, 4) is 0 Å². The third kappa shape index (κ3) is 3.23. The van der Waals surface area contributed by atoms with E-state index in [1.54, 1.807) is 6.07 Å². The molecule has 1 aliphatic rings. The molecule has 0 amide bonds. The van der Waals surface area contributed by atoms with Gasteiger partial charge in [-0.15, -0.1) is 0 Å². The SMILES string of the molecule is CCN1CCCC1CN(C)c1cccc(C(=O)O)n1. The number of carboxylic acid groups (broad SMARTS) is 1. The average Bonchev–Trinajstić information content (AvgIpc) is 2.86. The maximum Gasteiger partial charge on any atom is 0.354 e. The maximum absolute atomic E-state index is 10.9. The number of likely N-dealkylation sites (tertiary alicyclic amines) is 1. The van der Waals surface area contributed by atoms with Crippen molar-refractivity contribution in [2.45, 2.75) is 25.8 Å². The fourth-order valence-corrected chi connectivity index (χ4v) is 2.68. The molecule has 0 radical (unpaired) electrons. The van der Waals surface area contributed by atoms with Gasteiger partial charge in [-0.2, -0.15) is 0 Å². The molecule has 2 rings (SSSR count). The molecule has 0 aliphatic carbocycles. The monoisotopic (exact) mass is 263 g/mol. The lowest BCUT2D eigenvalue weighted by Crippen LogP contribution is -2.39. The molecule has 19 heavy (non-hydrogen) atoms. The first-order chi connectivity index (χ1) is 9.11. The van der Waals surface area contributed by atoms with E-state index in [-0.39, 0.29) is 5.69 Å². The highest BCUT2D eigenvalue weighted by molar-refractivity contribution is 5.85. The summed E-state index contributed by atoms with van der Waals surface area (Å²) in [4.78, 5) is 19.6. The largest absolute Gasteiger partial charge is 0.477 e. The van der Waals surface area contributed by atoms with E-state index in [0.29, 0.717) is 6.04 Å². The first-order valence-corrected chi connectivity index (χ1v) is 6.77. The predicted octanol–water partition coefficient (Wildman–Crippen LogP) is 1.70. The summed E-state index contributed by atoms with van der Waals surface area (Å²) in [6, 6.07) is 5.67. The van der Waals surface area contributed by atoms with Crippen LogP contribution in [0.15, 0.2) is 18.2 Å². The van der Waals surface area contributed by atoms with Crippen LogP contribution in [0.2, 0.25) is 0 Å². The van der Waals surface area contributed by atoms with E-state index in [9.17, 15) is 4.79 Å². The lowest BCUT2D eigenvalue weighted by Gasteiger charge is -2.28. The maximum atomic E-state index is 10.9. The van der Waals surface area contributed by atoms with Crippen molar-refractivity contribution in [1.29, 1.82) is 0 Å². The highest BCUT2D eigenvalue weighted by atomic mass is 16.4. The van der Waals surface area contributed by atoms with Gasteiger partial charge in [-0.3, -0.25) is 4.90 Å². The van der Waals surface area contributed by atoms with Crippen LogP contribution in [0.4, 0.5) is 5.82 Å². The van der Waals surface area contributed by atoms with Gasteiger partial charge in [0.05, 0.1) is 0 Å². The van der Waals surface area contributed by atoms with Gasteiger partial charge in [-0.05, 0) is 38.1 Å². The standard InChI is InChI=1S/C14H21N3O2/c1-3-17-9-5-6-11(17)10-16(2)13-8-4-7-12(15-13)14(18)19/h4,7-8,11H,3,5-6,9-10H2,1-2H3,(H,18,19). The molecule has 1 unspecified atom stereocenters. The zero-order valence-corrected chi connectivity index (χ0v) is 11.5. The first-order valence-electron chi connectivity index (χ1n) is 6.77. The lowest BCUT2D eigenvalue weighted by molar-refractivity contribution is 0.0690. The average molecular weight is 263 g/mol. The molecule has 5 heteroatoms. The molecule has 1 saturated heterocycles. The Morgan fingerprint density at radius 3 is 3.05 bits per heavy atom. The summed E-state index contributed by atoms with van der Waals surface area (Å²) < 4.78 is 0. The van der Waals surface area contributed by atoms with Crippen LogP contribution in [0.3, 0.4) is 0 Å². The van der Waals surface area contributed by atoms with Crippen LogP contribution in [-0.4, -0.2) is 53.7 Å². The summed E-state index contributed by atoms with van der Waals surface area (Å²) >= 11 is 0. The molecule has 1 aromatic rings. The molecular formula is C14H21N3O2. The van der Waals surface area contributed by atoms with Crippen molar-refractivity contribution >= 4 is 11.8 Å². The molecule has 5 nitrogen and oxygen atoms in total. The molecule has 0 aromatic carbocycles. The molecule has 1 aromatic heterocycles. The summed E-state index contributed by atoms with van der Waals surface area (Å²) in [5.41, 5.74) is 0.100. The van der Waals surface area contributed by atoms with Crippen LogP contribution >= 0.6 is 0 Å². The van der Waals surface area contributed by atoms with Gasteiger partial charge in [-0.25, -0.2) is 9.78 Å². The summed E-state index contributed by atoms with van der Waals surface area (Å²) in [6.45, 7) is 5.31. The quantitative estimate of drug-likeness (QED) is 0.876. The number of aromatic nitrogens is 1. The number of carboxylic acids is 1. The van der Waals surface area contributed by atoms with Crippen LogP contribution in [0.5, 0.6) is 0 Å². The van der Waals surface area contributed by atoms with Gasteiger partial charge in [0.2, 0.25) is 0 Å². The van der Waals surface area contributed by atoms with Crippen molar-refractivity contribution in [1.82, 2.24) is 9.88 Å². The van der Waals surface area contributed by atoms with Gasteiger partial charge in [0.1, 0.15) is 5.82 Å². The van der Waals surface area contributed by atoms with Crippen molar-refractivity contribution < 1.29 is 9.90 Å². The molecule has 1 atom stereocenters. The predicted molar refractivity (Wildman–Crippen MR) is 74.7 cm³/mol. The van der Waals surface area contributed by atoms with Crippen molar-refractivity contribution in [3.63, 3.8) is 0 Å². The Kier molecular flexibility index (Phi) is 4.37. The van der Waals surface area contributed by atoms with Gasteiger partial charge < -0.3 is 10.0 Å². The smallest absolute Gasteiger partial charge is 0.354 e. The molecule has 1 fully saturated rings. The van der Waals surface area contributed by atoms with Crippen LogP contribution in [0.1, 0.15) is 30.3 Å². The van der Waals surface area contributed by atoms with E-state index in [0.717, 1.165) is 25.5 Å². The Balaban J connectivity index is 2.05. The van der Waals surface area contributed by atoms with Crippen LogP contribution < -0.4 is 4.90 Å². The highest BCUT2D eigenvalue weighted by Crippen LogP contribution is 2.19. The molecule has 0 saturated carbocycles. The number of hydrogen-bond acceptors (Lipinski definition) is 4. The molecule has 1 N–H and O–H groups in total. The summed E-state index contributed by atoms with van der Waals surface area (Å²) in [6.07, 6.45) is 2.45. The fraction of sp³-hybridized carbons (Fsp3) is 0.571. The van der Waals surface area contributed by atoms with E-state index >= 15 is 0 Å². The topological polar surface area (TPSA) is 56.7 Å². The number of pyridine rings is 1. The second-order valence-corrected chi connectivity index (χ2v) is 4.99. The minimum atomic E-state index is -0.980. The Morgan fingerprint density at radius 2 is 2.37 bits per heavy atom. The first kappa shape index (κ1) is 13.8. The Hall–Kier alpha value is -1.62. The molecular weight excluding hydrogens is 242 g/mol. The number of anilines is 1. The number of hydrogen-bond donors (Lipinski definition) is 1. The van der Waals surface area contributed by atoms with E-state index in [4.69, 9.17) is 5.11 Å². The van der Waals surface area contributed by atoms with Gasteiger partial charge in [0.15, 0.2) is 5.69 Å². The zero-order chi connectivity index (χ0) is 13.8. The summed E-state index contributed by atoms with van der Waals surface area (Å²) in [7, 11) is 1.97. The third-order valence-corrected chi connectivity index (χ3v) is 3.73. The number of nitrogens with zero attached hydrogens (tertiary/aromatic N) is 3. The lowest BCUT2D eigenvalue weighted by atomic mass is 10.2. The zero-order valence-electron chi connectivity index (χ0n) is 11.5. The Labute approximate surface area is 113 Å². The number of likely N-dealkylation sites (N-methyl/N-ethyl adjacent to an activating group) is 2. The molecule has 104 valence electrons. The van der Waals surface area contributed by atoms with E-state index in [1.807, 2.05) is 18.0 Å².